The van der Waals surface area contributed by atoms with Crippen LogP contribution in [0.2, 0.25) is 0 Å². The van der Waals surface area contributed by atoms with E-state index in [4.69, 9.17) is 4.74 Å². The van der Waals surface area contributed by atoms with E-state index in [-0.39, 0.29) is 0 Å². The Morgan fingerprint density at radius 2 is 1.54 bits per heavy atom. The maximum absolute atomic E-state index is 6.19. The number of nitrogens with one attached hydrogen (secondary N) is 1. The van der Waals surface area contributed by atoms with Gasteiger partial charge in [-0.15, -0.1) is 0 Å². The van der Waals surface area contributed by atoms with Crippen LogP contribution in [-0.2, 0) is 13.2 Å². The van der Waals surface area contributed by atoms with Crippen LogP contribution in [0.1, 0.15) is 63.5 Å². The zero-order valence-electron chi connectivity index (χ0n) is 17.3. The third kappa shape index (κ3) is 3.48. The molecule has 4 saturated carbocycles. The summed E-state index contributed by atoms with van der Waals surface area (Å²) in [6.07, 6.45) is 8.38. The zero-order valence-corrected chi connectivity index (χ0v) is 17.3. The van der Waals surface area contributed by atoms with Crippen molar-refractivity contribution in [2.24, 2.45) is 16.7 Å². The minimum atomic E-state index is 0.329. The first kappa shape index (κ1) is 18.2. The fourth-order valence-corrected chi connectivity index (χ4v) is 7.45. The summed E-state index contributed by atoms with van der Waals surface area (Å²) >= 11 is 0. The van der Waals surface area contributed by atoms with Gasteiger partial charge in [-0.1, -0.05) is 62.4 Å². The summed E-state index contributed by atoms with van der Waals surface area (Å²) < 4.78 is 6.19. The normalized spacial score (nSPS) is 35.9. The Bertz CT molecular complexity index is 827. The molecule has 2 unspecified atom stereocenters. The van der Waals surface area contributed by atoms with Crippen molar-refractivity contribution in [3.8, 4) is 5.75 Å². The fourth-order valence-electron chi connectivity index (χ4n) is 7.45. The van der Waals surface area contributed by atoms with Gasteiger partial charge in [0.05, 0.1) is 0 Å². The summed E-state index contributed by atoms with van der Waals surface area (Å²) in [5.41, 5.74) is 3.92. The molecule has 0 amide bonds. The van der Waals surface area contributed by atoms with E-state index in [0.29, 0.717) is 23.0 Å². The van der Waals surface area contributed by atoms with Gasteiger partial charge in [0.2, 0.25) is 0 Å². The summed E-state index contributed by atoms with van der Waals surface area (Å²) in [6, 6.07) is 19.0. The van der Waals surface area contributed by atoms with Crippen LogP contribution in [0.5, 0.6) is 5.75 Å². The number of ether oxygens (including phenoxy) is 1. The molecule has 2 atom stereocenters. The number of hydrogen-bond donors (Lipinski definition) is 1. The van der Waals surface area contributed by atoms with E-state index in [1.165, 1.54) is 49.7 Å². The monoisotopic (exact) mass is 375 g/mol. The van der Waals surface area contributed by atoms with E-state index in [1.807, 2.05) is 6.07 Å². The molecule has 2 heteroatoms. The van der Waals surface area contributed by atoms with Crippen LogP contribution in [0.25, 0.3) is 0 Å². The van der Waals surface area contributed by atoms with Gasteiger partial charge < -0.3 is 10.1 Å². The Kier molecular flexibility index (Phi) is 4.32. The Morgan fingerprint density at radius 3 is 2.25 bits per heavy atom. The number of para-hydroxylation sites is 1. The van der Waals surface area contributed by atoms with Crippen LogP contribution in [-0.4, -0.2) is 5.54 Å². The molecular formula is C26H33NO. The molecular weight excluding hydrogens is 342 g/mol. The first-order valence-corrected chi connectivity index (χ1v) is 10.9. The van der Waals surface area contributed by atoms with Crippen LogP contribution >= 0.6 is 0 Å². The molecule has 2 nitrogen and oxygen atoms in total. The molecule has 4 aliphatic carbocycles. The number of rotatable bonds is 6. The van der Waals surface area contributed by atoms with Gasteiger partial charge in [-0.25, -0.2) is 0 Å². The fraction of sp³-hybridized carbons (Fsp3) is 0.538. The van der Waals surface area contributed by atoms with Crippen LogP contribution in [0.4, 0.5) is 0 Å². The molecule has 0 radical (unpaired) electrons. The highest BCUT2D eigenvalue weighted by atomic mass is 16.5. The molecule has 0 aromatic heterocycles. The van der Waals surface area contributed by atoms with Gasteiger partial charge in [0.15, 0.2) is 0 Å². The Morgan fingerprint density at radius 1 is 0.857 bits per heavy atom. The van der Waals surface area contributed by atoms with Crippen molar-refractivity contribution < 1.29 is 4.74 Å². The van der Waals surface area contributed by atoms with Crippen molar-refractivity contribution in [1.29, 1.82) is 0 Å². The minimum absolute atomic E-state index is 0.329. The zero-order chi connectivity index (χ0) is 19.2. The van der Waals surface area contributed by atoms with Gasteiger partial charge in [-0.2, -0.15) is 0 Å². The van der Waals surface area contributed by atoms with Crippen LogP contribution in [0, 0.1) is 16.7 Å². The maximum Gasteiger partial charge on any atom is 0.124 e. The molecule has 2 aromatic carbocycles. The second-order valence-electron chi connectivity index (χ2n) is 10.6. The van der Waals surface area contributed by atoms with Crippen LogP contribution in [0.3, 0.4) is 0 Å². The van der Waals surface area contributed by atoms with Crippen molar-refractivity contribution in [2.45, 2.75) is 71.1 Å². The van der Waals surface area contributed by atoms with Crippen LogP contribution in [0.15, 0.2) is 54.6 Å². The van der Waals surface area contributed by atoms with Crippen molar-refractivity contribution in [1.82, 2.24) is 5.32 Å². The number of benzene rings is 2. The second kappa shape index (κ2) is 6.62. The van der Waals surface area contributed by atoms with E-state index >= 15 is 0 Å². The topological polar surface area (TPSA) is 21.3 Å². The molecule has 0 heterocycles. The highest BCUT2D eigenvalue weighted by Gasteiger charge is 2.59. The summed E-state index contributed by atoms with van der Waals surface area (Å²) in [5.74, 6) is 1.93. The molecule has 148 valence electrons. The van der Waals surface area contributed by atoms with E-state index in [1.54, 1.807) is 0 Å². The first-order valence-electron chi connectivity index (χ1n) is 10.9. The maximum atomic E-state index is 6.19. The van der Waals surface area contributed by atoms with Gasteiger partial charge in [0.25, 0.3) is 0 Å². The predicted octanol–water partition coefficient (Wildman–Crippen LogP) is 6.10. The third-order valence-electron chi connectivity index (χ3n) is 7.49. The average molecular weight is 376 g/mol. The highest BCUT2D eigenvalue weighted by molar-refractivity contribution is 5.34. The van der Waals surface area contributed by atoms with Crippen LogP contribution < -0.4 is 10.1 Å². The molecule has 0 saturated heterocycles. The van der Waals surface area contributed by atoms with Gasteiger partial charge in [0.1, 0.15) is 12.4 Å². The lowest BCUT2D eigenvalue weighted by atomic mass is 9.43. The summed E-state index contributed by atoms with van der Waals surface area (Å²) in [7, 11) is 0. The smallest absolute Gasteiger partial charge is 0.124 e. The van der Waals surface area contributed by atoms with Crippen molar-refractivity contribution >= 4 is 0 Å². The van der Waals surface area contributed by atoms with Gasteiger partial charge >= 0.3 is 0 Å². The van der Waals surface area contributed by atoms with E-state index in [2.05, 4.69) is 67.7 Å². The Labute approximate surface area is 169 Å². The molecule has 1 N–H and O–H groups in total. The predicted molar refractivity (Wildman–Crippen MR) is 114 cm³/mol. The van der Waals surface area contributed by atoms with Crippen molar-refractivity contribution in [3.05, 3.63) is 65.7 Å². The summed E-state index contributed by atoms with van der Waals surface area (Å²) in [5, 5.41) is 4.05. The largest absolute Gasteiger partial charge is 0.489 e. The van der Waals surface area contributed by atoms with Gasteiger partial charge in [0, 0.05) is 17.6 Å². The molecule has 0 aliphatic heterocycles. The Balaban J connectivity index is 1.30. The minimum Gasteiger partial charge on any atom is -0.489 e. The average Bonchev–Trinajstić information content (AvgIpc) is 2.63. The van der Waals surface area contributed by atoms with E-state index < -0.39 is 0 Å². The van der Waals surface area contributed by atoms with E-state index in [9.17, 15) is 0 Å². The first-order chi connectivity index (χ1) is 13.5. The standard InChI is InChI=1S/C26H33NO/c1-24-12-21-13-25(2,17-24)19-26(14-21,18-24)27-15-22-10-6-7-11-23(22)28-16-20-8-4-3-5-9-20/h3-11,21,27H,12-19H2,1-2H3. The lowest BCUT2D eigenvalue weighted by molar-refractivity contribution is -0.118. The molecule has 6 rings (SSSR count). The molecule has 4 bridgehead atoms. The second-order valence-corrected chi connectivity index (χ2v) is 10.6. The van der Waals surface area contributed by atoms with E-state index in [0.717, 1.165) is 18.2 Å². The molecule has 4 aliphatic rings. The molecule has 0 spiro atoms. The third-order valence-corrected chi connectivity index (χ3v) is 7.49. The quantitative estimate of drug-likeness (QED) is 0.658. The van der Waals surface area contributed by atoms with Crippen molar-refractivity contribution in [3.63, 3.8) is 0 Å². The molecule has 4 fully saturated rings. The molecule has 28 heavy (non-hydrogen) atoms. The SMILES string of the molecule is CC12CC3CC(C)(C1)CC(NCc1ccccc1OCc1ccccc1)(C3)C2. The Hall–Kier alpha value is -1.80. The lowest BCUT2D eigenvalue weighted by Gasteiger charge is -2.65. The summed E-state index contributed by atoms with van der Waals surface area (Å²) in [6.45, 7) is 6.62. The van der Waals surface area contributed by atoms with Crippen molar-refractivity contribution in [2.75, 3.05) is 0 Å². The molecule has 2 aromatic rings. The van der Waals surface area contributed by atoms with Gasteiger partial charge in [-0.05, 0) is 66.9 Å². The highest BCUT2D eigenvalue weighted by Crippen LogP contribution is 2.66. The number of hydrogen-bond acceptors (Lipinski definition) is 2. The lowest BCUT2D eigenvalue weighted by Crippen LogP contribution is -2.63. The summed E-state index contributed by atoms with van der Waals surface area (Å²) in [4.78, 5) is 0. The van der Waals surface area contributed by atoms with Gasteiger partial charge in [-0.3, -0.25) is 0 Å².